The van der Waals surface area contributed by atoms with E-state index in [4.69, 9.17) is 14.2 Å². The average Bonchev–Trinajstić information content (AvgIpc) is 3.26. The third-order valence-corrected chi connectivity index (χ3v) is 5.32. The zero-order valence-corrected chi connectivity index (χ0v) is 17.5. The number of para-hydroxylation sites is 1. The van der Waals surface area contributed by atoms with Crippen LogP contribution in [0.1, 0.15) is 51.5 Å². The number of carbonyl (C=O) groups is 1. The monoisotopic (exact) mass is 397 g/mol. The second-order valence-electron chi connectivity index (χ2n) is 7.57. The summed E-state index contributed by atoms with van der Waals surface area (Å²) < 4.78 is 17.3. The smallest absolute Gasteiger partial charge is 0.265 e. The maximum absolute atomic E-state index is 12.6. The summed E-state index contributed by atoms with van der Waals surface area (Å²) in [5, 5.41) is 2.90. The van der Waals surface area contributed by atoms with Crippen molar-refractivity contribution in [2.24, 2.45) is 0 Å². The van der Waals surface area contributed by atoms with Crippen LogP contribution in [-0.2, 0) is 9.53 Å². The van der Waals surface area contributed by atoms with Crippen LogP contribution in [0.2, 0.25) is 0 Å². The zero-order chi connectivity index (χ0) is 20.6. The highest BCUT2D eigenvalue weighted by Gasteiger charge is 2.18. The number of amides is 1. The normalized spacial score (nSPS) is 18.1. The summed E-state index contributed by atoms with van der Waals surface area (Å²) >= 11 is 0. The van der Waals surface area contributed by atoms with Gasteiger partial charge in [0.1, 0.15) is 18.1 Å². The van der Waals surface area contributed by atoms with Gasteiger partial charge in [0, 0.05) is 12.3 Å². The Hall–Kier alpha value is -2.53. The fraction of sp³-hybridized carbons (Fsp3) is 0.458. The first-order valence-electron chi connectivity index (χ1n) is 10.5. The molecule has 3 unspecified atom stereocenters. The van der Waals surface area contributed by atoms with E-state index in [0.717, 1.165) is 42.9 Å². The van der Waals surface area contributed by atoms with E-state index in [1.165, 1.54) is 0 Å². The van der Waals surface area contributed by atoms with Gasteiger partial charge >= 0.3 is 0 Å². The van der Waals surface area contributed by atoms with E-state index in [9.17, 15) is 4.79 Å². The third-order valence-electron chi connectivity index (χ3n) is 5.32. The molecule has 0 saturated carbocycles. The van der Waals surface area contributed by atoms with Gasteiger partial charge in [-0.3, -0.25) is 4.79 Å². The maximum atomic E-state index is 12.6. The Kier molecular flexibility index (Phi) is 7.53. The van der Waals surface area contributed by atoms with Crippen molar-refractivity contribution >= 4 is 11.6 Å². The summed E-state index contributed by atoms with van der Waals surface area (Å²) in [7, 11) is 0. The van der Waals surface area contributed by atoms with Gasteiger partial charge in [0.25, 0.3) is 5.91 Å². The van der Waals surface area contributed by atoms with E-state index in [2.05, 4.69) is 25.2 Å². The van der Waals surface area contributed by atoms with Crippen LogP contribution < -0.4 is 14.8 Å². The number of ether oxygens (including phenoxy) is 3. The van der Waals surface area contributed by atoms with Crippen LogP contribution in [0.25, 0.3) is 0 Å². The minimum atomic E-state index is -0.601. The lowest BCUT2D eigenvalue weighted by atomic mass is 9.98. The Balaban J connectivity index is 1.53. The Bertz CT molecular complexity index is 784. The summed E-state index contributed by atoms with van der Waals surface area (Å²) in [6.07, 6.45) is 2.75. The fourth-order valence-corrected chi connectivity index (χ4v) is 3.30. The molecule has 1 fully saturated rings. The quantitative estimate of drug-likeness (QED) is 0.635. The van der Waals surface area contributed by atoms with Crippen molar-refractivity contribution in [3.63, 3.8) is 0 Å². The summed E-state index contributed by atoms with van der Waals surface area (Å²) in [6, 6.07) is 15.3. The number of nitrogens with one attached hydrogen (secondary N) is 1. The van der Waals surface area contributed by atoms with Crippen LogP contribution in [-0.4, -0.2) is 31.3 Å². The molecule has 5 nitrogen and oxygen atoms in total. The van der Waals surface area contributed by atoms with Crippen molar-refractivity contribution in [2.45, 2.75) is 58.2 Å². The molecule has 1 aliphatic heterocycles. The van der Waals surface area contributed by atoms with Crippen molar-refractivity contribution < 1.29 is 19.0 Å². The molecule has 1 aliphatic rings. The van der Waals surface area contributed by atoms with Gasteiger partial charge in [0.15, 0.2) is 6.10 Å². The lowest BCUT2D eigenvalue weighted by molar-refractivity contribution is -0.122. The van der Waals surface area contributed by atoms with Crippen molar-refractivity contribution in [2.75, 3.05) is 18.5 Å². The van der Waals surface area contributed by atoms with Gasteiger partial charge in [0.2, 0.25) is 0 Å². The van der Waals surface area contributed by atoms with Gasteiger partial charge in [-0.05, 0) is 68.0 Å². The van der Waals surface area contributed by atoms with E-state index in [1.807, 2.05) is 42.5 Å². The topological polar surface area (TPSA) is 56.8 Å². The molecular weight excluding hydrogens is 366 g/mol. The lowest BCUT2D eigenvalue weighted by Crippen LogP contribution is -2.30. The van der Waals surface area contributed by atoms with E-state index >= 15 is 0 Å². The number of benzene rings is 2. The van der Waals surface area contributed by atoms with Gasteiger partial charge < -0.3 is 19.5 Å². The first-order valence-corrected chi connectivity index (χ1v) is 10.5. The van der Waals surface area contributed by atoms with Crippen LogP contribution in [0.5, 0.6) is 11.5 Å². The van der Waals surface area contributed by atoms with Gasteiger partial charge in [-0.2, -0.15) is 0 Å². The van der Waals surface area contributed by atoms with Gasteiger partial charge in [-0.1, -0.05) is 32.0 Å². The predicted molar refractivity (Wildman–Crippen MR) is 115 cm³/mol. The van der Waals surface area contributed by atoms with Crippen molar-refractivity contribution in [3.05, 3.63) is 54.1 Å². The number of rotatable bonds is 9. The molecule has 1 saturated heterocycles. The molecule has 0 spiro atoms. The van der Waals surface area contributed by atoms with Crippen LogP contribution in [0.15, 0.2) is 48.5 Å². The molecule has 5 heteroatoms. The largest absolute Gasteiger partial charge is 0.491 e. The lowest BCUT2D eigenvalue weighted by Gasteiger charge is -2.19. The molecule has 3 rings (SSSR count). The Labute approximate surface area is 173 Å². The number of carbonyl (C=O) groups excluding carboxylic acids is 1. The third kappa shape index (κ3) is 5.97. The number of hydrogen-bond donors (Lipinski definition) is 1. The first-order chi connectivity index (χ1) is 14.1. The Morgan fingerprint density at radius 3 is 2.62 bits per heavy atom. The van der Waals surface area contributed by atoms with E-state index in [0.29, 0.717) is 18.2 Å². The molecule has 2 aromatic carbocycles. The molecule has 29 heavy (non-hydrogen) atoms. The second-order valence-corrected chi connectivity index (χ2v) is 7.57. The summed E-state index contributed by atoms with van der Waals surface area (Å²) in [5.41, 5.74) is 1.84. The molecule has 0 bridgehead atoms. The highest BCUT2D eigenvalue weighted by atomic mass is 16.5. The molecule has 1 heterocycles. The molecule has 0 radical (unpaired) electrons. The maximum Gasteiger partial charge on any atom is 0.265 e. The van der Waals surface area contributed by atoms with Crippen LogP contribution in [0, 0.1) is 0 Å². The Morgan fingerprint density at radius 2 is 1.93 bits per heavy atom. The zero-order valence-electron chi connectivity index (χ0n) is 17.5. The van der Waals surface area contributed by atoms with E-state index in [1.54, 1.807) is 6.92 Å². The van der Waals surface area contributed by atoms with Gasteiger partial charge in [-0.25, -0.2) is 0 Å². The fourth-order valence-electron chi connectivity index (χ4n) is 3.30. The highest BCUT2D eigenvalue weighted by molar-refractivity contribution is 5.94. The average molecular weight is 398 g/mol. The summed E-state index contributed by atoms with van der Waals surface area (Å²) in [6.45, 7) is 7.45. The first kappa shape index (κ1) is 21.2. The minimum absolute atomic E-state index is 0.183. The molecule has 156 valence electrons. The molecule has 3 atom stereocenters. The molecule has 1 N–H and O–H groups in total. The van der Waals surface area contributed by atoms with Gasteiger partial charge in [-0.15, -0.1) is 0 Å². The number of anilines is 1. The van der Waals surface area contributed by atoms with Gasteiger partial charge in [0.05, 0.1) is 6.10 Å². The van der Waals surface area contributed by atoms with Crippen LogP contribution in [0.4, 0.5) is 5.69 Å². The Morgan fingerprint density at radius 1 is 1.17 bits per heavy atom. The highest BCUT2D eigenvalue weighted by Crippen LogP contribution is 2.29. The molecule has 0 aromatic heterocycles. The van der Waals surface area contributed by atoms with E-state index < -0.39 is 6.10 Å². The molecule has 1 amide bonds. The van der Waals surface area contributed by atoms with Crippen molar-refractivity contribution in [1.82, 2.24) is 0 Å². The van der Waals surface area contributed by atoms with Crippen LogP contribution in [0.3, 0.4) is 0 Å². The molecule has 0 aliphatic carbocycles. The van der Waals surface area contributed by atoms with Crippen molar-refractivity contribution in [1.29, 1.82) is 0 Å². The SMILES string of the molecule is CCC(C)c1ccccc1OC(C)C(=O)Nc1ccc(OCC2CCCO2)cc1. The molecular formula is C24H31NO4. The standard InChI is InChI=1S/C24H31NO4/c1-4-17(2)22-9-5-6-10-23(22)29-18(3)24(26)25-19-11-13-20(14-12-19)28-16-21-8-7-15-27-21/h5-6,9-14,17-18,21H,4,7-8,15-16H2,1-3H3,(H,25,26). The van der Waals surface area contributed by atoms with Crippen molar-refractivity contribution in [3.8, 4) is 11.5 Å². The number of hydrogen-bond acceptors (Lipinski definition) is 4. The summed E-state index contributed by atoms with van der Waals surface area (Å²) in [5.74, 6) is 1.73. The van der Waals surface area contributed by atoms with E-state index in [-0.39, 0.29) is 12.0 Å². The minimum Gasteiger partial charge on any atom is -0.491 e. The summed E-state index contributed by atoms with van der Waals surface area (Å²) in [4.78, 5) is 12.6. The van der Waals surface area contributed by atoms with Crippen LogP contribution >= 0.6 is 0 Å². The molecule has 2 aromatic rings. The second kappa shape index (κ2) is 10.3. The predicted octanol–water partition coefficient (Wildman–Crippen LogP) is 5.16.